The second-order valence-electron chi connectivity index (χ2n) is 3.58. The van der Waals surface area contributed by atoms with Gasteiger partial charge in [-0.2, -0.15) is 5.26 Å². The number of halogens is 1. The van der Waals surface area contributed by atoms with Crippen molar-refractivity contribution in [2.75, 3.05) is 7.11 Å². The lowest BCUT2D eigenvalue weighted by Gasteiger charge is -2.11. The Morgan fingerprint density at radius 1 is 1.39 bits per heavy atom. The molecule has 0 bridgehead atoms. The summed E-state index contributed by atoms with van der Waals surface area (Å²) in [6.45, 7) is 0. The fraction of sp³-hybridized carbons (Fsp3) is 0.154. The van der Waals surface area contributed by atoms with Crippen LogP contribution >= 0.6 is 11.6 Å². The van der Waals surface area contributed by atoms with E-state index in [0.29, 0.717) is 22.0 Å². The van der Waals surface area contributed by atoms with Crippen LogP contribution in [0, 0.1) is 11.3 Å². The first-order valence-corrected chi connectivity index (χ1v) is 5.63. The molecule has 1 aromatic heterocycles. The minimum Gasteiger partial charge on any atom is -0.497 e. The highest BCUT2D eigenvalue weighted by Crippen LogP contribution is 2.31. The Morgan fingerprint density at radius 3 is 2.78 bits per heavy atom. The molecule has 1 heterocycles. The maximum Gasteiger partial charge on any atom is 0.120 e. The summed E-state index contributed by atoms with van der Waals surface area (Å²) in [5, 5.41) is 9.75. The summed E-state index contributed by atoms with van der Waals surface area (Å²) in [6, 6.07) is 7.40. The van der Waals surface area contributed by atoms with Gasteiger partial charge in [-0.05, 0) is 17.7 Å². The average Bonchev–Trinajstić information content (AvgIpc) is 2.42. The van der Waals surface area contributed by atoms with E-state index in [1.165, 1.54) is 0 Å². The molecule has 0 fully saturated rings. The molecule has 1 atom stereocenters. The molecule has 0 aliphatic carbocycles. The Kier molecular flexibility index (Phi) is 3.75. The third kappa shape index (κ3) is 2.41. The van der Waals surface area contributed by atoms with Crippen LogP contribution in [0.5, 0.6) is 5.75 Å². The number of nitriles is 1. The van der Waals surface area contributed by atoms with E-state index in [2.05, 4.69) is 16.0 Å². The normalized spacial score (nSPS) is 11.6. The molecule has 5 heteroatoms. The molecular weight excluding hydrogens is 250 g/mol. The predicted molar refractivity (Wildman–Crippen MR) is 67.5 cm³/mol. The first-order chi connectivity index (χ1) is 8.76. The third-order valence-corrected chi connectivity index (χ3v) is 2.85. The van der Waals surface area contributed by atoms with Crippen LogP contribution in [0.2, 0.25) is 5.02 Å². The topological polar surface area (TPSA) is 58.8 Å². The van der Waals surface area contributed by atoms with E-state index in [9.17, 15) is 5.26 Å². The van der Waals surface area contributed by atoms with Gasteiger partial charge in [-0.1, -0.05) is 17.7 Å². The summed E-state index contributed by atoms with van der Waals surface area (Å²) in [4.78, 5) is 8.10. The monoisotopic (exact) mass is 259 g/mol. The summed E-state index contributed by atoms with van der Waals surface area (Å²) < 4.78 is 5.07. The van der Waals surface area contributed by atoms with Crippen LogP contribution in [0.25, 0.3) is 0 Å². The van der Waals surface area contributed by atoms with Gasteiger partial charge in [-0.15, -0.1) is 0 Å². The standard InChI is InChI=1S/C13H10ClN3O/c1-18-9-2-3-10(12(14)6-9)11(7-15)13-8-16-4-5-17-13/h2-6,8,11H,1H3. The lowest BCUT2D eigenvalue weighted by Crippen LogP contribution is -2.02. The minimum atomic E-state index is -0.530. The van der Waals surface area contributed by atoms with Gasteiger partial charge in [-0.25, -0.2) is 0 Å². The van der Waals surface area contributed by atoms with E-state index >= 15 is 0 Å². The number of methoxy groups -OCH3 is 1. The van der Waals surface area contributed by atoms with Crippen LogP contribution in [0.15, 0.2) is 36.8 Å². The Bertz CT molecular complexity index is 581. The van der Waals surface area contributed by atoms with Crippen LogP contribution in [0.3, 0.4) is 0 Å². The van der Waals surface area contributed by atoms with Crippen molar-refractivity contribution in [2.24, 2.45) is 0 Å². The van der Waals surface area contributed by atoms with Gasteiger partial charge in [-0.3, -0.25) is 9.97 Å². The van der Waals surface area contributed by atoms with E-state index in [4.69, 9.17) is 16.3 Å². The molecule has 1 unspecified atom stereocenters. The number of nitrogens with zero attached hydrogens (tertiary/aromatic N) is 3. The molecule has 2 rings (SSSR count). The number of rotatable bonds is 3. The van der Waals surface area contributed by atoms with Crippen molar-refractivity contribution in [3.05, 3.63) is 53.1 Å². The zero-order chi connectivity index (χ0) is 13.0. The summed E-state index contributed by atoms with van der Waals surface area (Å²) in [5.74, 6) is 0.122. The molecule has 0 saturated heterocycles. The molecule has 0 amide bonds. The van der Waals surface area contributed by atoms with Gasteiger partial charge < -0.3 is 4.74 Å². The molecule has 2 aromatic rings. The van der Waals surface area contributed by atoms with Gasteiger partial charge in [0.25, 0.3) is 0 Å². The number of hydrogen-bond donors (Lipinski definition) is 0. The molecule has 0 spiro atoms. The zero-order valence-electron chi connectivity index (χ0n) is 9.67. The average molecular weight is 260 g/mol. The Morgan fingerprint density at radius 2 is 2.22 bits per heavy atom. The number of aromatic nitrogens is 2. The molecule has 0 N–H and O–H groups in total. The van der Waals surface area contributed by atoms with Crippen LogP contribution in [0.4, 0.5) is 0 Å². The van der Waals surface area contributed by atoms with Crippen LogP contribution < -0.4 is 4.74 Å². The third-order valence-electron chi connectivity index (χ3n) is 2.53. The molecule has 0 saturated carbocycles. The van der Waals surface area contributed by atoms with Crippen LogP contribution in [-0.2, 0) is 0 Å². The fourth-order valence-corrected chi connectivity index (χ4v) is 1.90. The van der Waals surface area contributed by atoms with E-state index in [1.54, 1.807) is 43.9 Å². The van der Waals surface area contributed by atoms with Crippen molar-refractivity contribution in [1.29, 1.82) is 5.26 Å². The first-order valence-electron chi connectivity index (χ1n) is 5.25. The van der Waals surface area contributed by atoms with Gasteiger partial charge in [0.2, 0.25) is 0 Å². The van der Waals surface area contributed by atoms with E-state index in [0.717, 1.165) is 0 Å². The van der Waals surface area contributed by atoms with Crippen molar-refractivity contribution in [1.82, 2.24) is 9.97 Å². The molecule has 90 valence electrons. The lowest BCUT2D eigenvalue weighted by molar-refractivity contribution is 0.414. The maximum atomic E-state index is 9.28. The molecule has 1 aromatic carbocycles. The molecular formula is C13H10ClN3O. The van der Waals surface area contributed by atoms with Crippen molar-refractivity contribution < 1.29 is 4.74 Å². The van der Waals surface area contributed by atoms with Crippen LogP contribution in [0.1, 0.15) is 17.2 Å². The van der Waals surface area contributed by atoms with Crippen molar-refractivity contribution in [3.8, 4) is 11.8 Å². The zero-order valence-corrected chi connectivity index (χ0v) is 10.4. The Hall–Kier alpha value is -2.12. The van der Waals surface area contributed by atoms with Crippen LogP contribution in [-0.4, -0.2) is 17.1 Å². The van der Waals surface area contributed by atoms with Gasteiger partial charge >= 0.3 is 0 Å². The second-order valence-corrected chi connectivity index (χ2v) is 3.99. The molecule has 0 aliphatic heterocycles. The van der Waals surface area contributed by atoms with E-state index in [1.807, 2.05) is 0 Å². The highest BCUT2D eigenvalue weighted by atomic mass is 35.5. The van der Waals surface area contributed by atoms with Crippen molar-refractivity contribution >= 4 is 11.6 Å². The fourth-order valence-electron chi connectivity index (χ4n) is 1.62. The largest absolute Gasteiger partial charge is 0.497 e. The Labute approximate surface area is 110 Å². The molecule has 18 heavy (non-hydrogen) atoms. The summed E-state index contributed by atoms with van der Waals surface area (Å²) >= 11 is 6.15. The number of ether oxygens (including phenoxy) is 1. The van der Waals surface area contributed by atoms with Gasteiger partial charge in [0.1, 0.15) is 11.7 Å². The van der Waals surface area contributed by atoms with E-state index < -0.39 is 5.92 Å². The smallest absolute Gasteiger partial charge is 0.120 e. The van der Waals surface area contributed by atoms with Gasteiger partial charge in [0, 0.05) is 17.4 Å². The second kappa shape index (κ2) is 5.48. The predicted octanol–water partition coefficient (Wildman–Crippen LogP) is 2.79. The highest BCUT2D eigenvalue weighted by molar-refractivity contribution is 6.31. The summed E-state index contributed by atoms with van der Waals surface area (Å²) in [6.07, 6.45) is 4.68. The van der Waals surface area contributed by atoms with Gasteiger partial charge in [0.05, 0.1) is 25.1 Å². The van der Waals surface area contributed by atoms with Crippen molar-refractivity contribution in [3.63, 3.8) is 0 Å². The molecule has 4 nitrogen and oxygen atoms in total. The number of benzene rings is 1. The first kappa shape index (κ1) is 12.3. The molecule has 0 aliphatic rings. The molecule has 0 radical (unpaired) electrons. The Balaban J connectivity index is 2.44. The summed E-state index contributed by atoms with van der Waals surface area (Å²) in [7, 11) is 1.57. The highest BCUT2D eigenvalue weighted by Gasteiger charge is 2.18. The van der Waals surface area contributed by atoms with E-state index in [-0.39, 0.29) is 0 Å². The van der Waals surface area contributed by atoms with Gasteiger partial charge in [0.15, 0.2) is 0 Å². The quantitative estimate of drug-likeness (QED) is 0.850. The number of hydrogen-bond acceptors (Lipinski definition) is 4. The maximum absolute atomic E-state index is 9.28. The van der Waals surface area contributed by atoms with Crippen molar-refractivity contribution in [2.45, 2.75) is 5.92 Å². The SMILES string of the molecule is COc1ccc(C(C#N)c2cnccn2)c(Cl)c1. The lowest BCUT2D eigenvalue weighted by atomic mass is 9.97. The summed E-state index contributed by atoms with van der Waals surface area (Å²) in [5.41, 5.74) is 1.27. The minimum absolute atomic E-state index is 0.478.